The number of anilines is 3. The minimum atomic E-state index is 0.479. The van der Waals surface area contributed by atoms with E-state index in [0.717, 1.165) is 49.4 Å². The lowest BCUT2D eigenvalue weighted by Gasteiger charge is -2.30. The van der Waals surface area contributed by atoms with Crippen LogP contribution in [0.15, 0.2) is 29.4 Å². The van der Waals surface area contributed by atoms with Gasteiger partial charge < -0.3 is 14.5 Å². The number of methoxy groups -OCH3 is 1. The van der Waals surface area contributed by atoms with E-state index in [0.29, 0.717) is 5.95 Å². The second kappa shape index (κ2) is 9.54. The SMILES string of the molecule is COc1ccccc1C=NNc1nc(N2CCCCC2)nc(N2CCCCC2)n1. The van der Waals surface area contributed by atoms with Crippen LogP contribution in [0, 0.1) is 0 Å². The van der Waals surface area contributed by atoms with Gasteiger partial charge >= 0.3 is 0 Å². The Hall–Kier alpha value is -2.90. The Morgan fingerprint density at radius 3 is 2.03 bits per heavy atom. The van der Waals surface area contributed by atoms with Gasteiger partial charge in [-0.05, 0) is 50.7 Å². The lowest BCUT2D eigenvalue weighted by molar-refractivity contribution is 0.414. The maximum absolute atomic E-state index is 5.37. The van der Waals surface area contributed by atoms with Gasteiger partial charge in [-0.25, -0.2) is 5.43 Å². The summed E-state index contributed by atoms with van der Waals surface area (Å²) >= 11 is 0. The summed E-state index contributed by atoms with van der Waals surface area (Å²) in [6.07, 6.45) is 8.99. The van der Waals surface area contributed by atoms with E-state index in [1.165, 1.54) is 38.5 Å². The molecule has 2 aromatic rings. The molecule has 3 heterocycles. The number of nitrogens with zero attached hydrogens (tertiary/aromatic N) is 6. The number of nitrogens with one attached hydrogen (secondary N) is 1. The first kappa shape index (κ1) is 19.4. The van der Waals surface area contributed by atoms with Crippen molar-refractivity contribution < 1.29 is 4.74 Å². The summed E-state index contributed by atoms with van der Waals surface area (Å²) in [5, 5.41) is 4.35. The van der Waals surface area contributed by atoms with Crippen molar-refractivity contribution in [1.29, 1.82) is 0 Å². The van der Waals surface area contributed by atoms with E-state index in [9.17, 15) is 0 Å². The molecule has 154 valence electrons. The monoisotopic (exact) mass is 395 g/mol. The molecule has 29 heavy (non-hydrogen) atoms. The molecule has 0 unspecified atom stereocenters. The molecule has 0 atom stereocenters. The summed E-state index contributed by atoms with van der Waals surface area (Å²) in [6, 6.07) is 7.75. The molecule has 8 nitrogen and oxygen atoms in total. The van der Waals surface area contributed by atoms with Crippen molar-refractivity contribution in [3.8, 4) is 5.75 Å². The maximum atomic E-state index is 5.37. The molecule has 2 saturated heterocycles. The van der Waals surface area contributed by atoms with Gasteiger partial charge in [-0.3, -0.25) is 0 Å². The number of rotatable bonds is 6. The van der Waals surface area contributed by atoms with E-state index in [4.69, 9.17) is 9.72 Å². The van der Waals surface area contributed by atoms with Gasteiger partial charge in [0.1, 0.15) is 5.75 Å². The highest BCUT2D eigenvalue weighted by Gasteiger charge is 2.20. The van der Waals surface area contributed by atoms with Crippen LogP contribution < -0.4 is 20.0 Å². The second-order valence-corrected chi connectivity index (χ2v) is 7.47. The minimum absolute atomic E-state index is 0.479. The lowest BCUT2D eigenvalue weighted by atomic mass is 10.1. The number of piperidine rings is 2. The number of hydrogen-bond donors (Lipinski definition) is 1. The first-order chi connectivity index (χ1) is 14.3. The Labute approximate surface area is 172 Å². The van der Waals surface area contributed by atoms with Crippen molar-refractivity contribution in [3.05, 3.63) is 29.8 Å². The van der Waals surface area contributed by atoms with Gasteiger partial charge in [-0.1, -0.05) is 12.1 Å². The fraction of sp³-hybridized carbons (Fsp3) is 0.524. The molecule has 0 amide bonds. The first-order valence-electron chi connectivity index (χ1n) is 10.5. The highest BCUT2D eigenvalue weighted by Crippen LogP contribution is 2.22. The molecule has 0 bridgehead atoms. The van der Waals surface area contributed by atoms with Crippen LogP contribution in [-0.4, -0.2) is 54.5 Å². The zero-order valence-electron chi connectivity index (χ0n) is 17.0. The summed E-state index contributed by atoms with van der Waals surface area (Å²) in [5.41, 5.74) is 3.89. The van der Waals surface area contributed by atoms with E-state index in [2.05, 4.69) is 30.3 Å². The van der Waals surface area contributed by atoms with E-state index in [-0.39, 0.29) is 0 Å². The molecule has 2 fully saturated rings. The van der Waals surface area contributed by atoms with E-state index in [1.54, 1.807) is 13.3 Å². The fourth-order valence-electron chi connectivity index (χ4n) is 3.81. The molecule has 0 aliphatic carbocycles. The first-order valence-corrected chi connectivity index (χ1v) is 10.5. The summed E-state index contributed by atoms with van der Waals surface area (Å²) in [5.74, 6) is 2.74. The van der Waals surface area contributed by atoms with Gasteiger partial charge in [0.05, 0.1) is 13.3 Å². The van der Waals surface area contributed by atoms with Gasteiger partial charge in [0.15, 0.2) is 0 Å². The number of hydrogen-bond acceptors (Lipinski definition) is 8. The maximum Gasteiger partial charge on any atom is 0.250 e. The smallest absolute Gasteiger partial charge is 0.250 e. The van der Waals surface area contributed by atoms with Crippen molar-refractivity contribution in [1.82, 2.24) is 15.0 Å². The zero-order chi connectivity index (χ0) is 19.9. The van der Waals surface area contributed by atoms with E-state index in [1.807, 2.05) is 24.3 Å². The largest absolute Gasteiger partial charge is 0.496 e. The van der Waals surface area contributed by atoms with Crippen molar-refractivity contribution in [2.24, 2.45) is 5.10 Å². The summed E-state index contributed by atoms with van der Waals surface area (Å²) in [4.78, 5) is 18.6. The third-order valence-corrected chi connectivity index (χ3v) is 5.40. The predicted molar refractivity (Wildman–Crippen MR) is 116 cm³/mol. The van der Waals surface area contributed by atoms with Gasteiger partial charge in [0, 0.05) is 31.7 Å². The van der Waals surface area contributed by atoms with E-state index < -0.39 is 0 Å². The normalized spacial score (nSPS) is 17.6. The van der Waals surface area contributed by atoms with Crippen LogP contribution in [0.1, 0.15) is 44.1 Å². The fourth-order valence-corrected chi connectivity index (χ4v) is 3.81. The molecule has 1 aromatic carbocycles. The van der Waals surface area contributed by atoms with Crippen LogP contribution in [-0.2, 0) is 0 Å². The molecular weight excluding hydrogens is 366 g/mol. The topological polar surface area (TPSA) is 78.8 Å². The lowest BCUT2D eigenvalue weighted by Crippen LogP contribution is -2.34. The molecule has 2 aliphatic heterocycles. The van der Waals surface area contributed by atoms with Crippen LogP contribution in [0.25, 0.3) is 0 Å². The van der Waals surface area contributed by atoms with Gasteiger partial charge in [-0.2, -0.15) is 20.1 Å². The van der Waals surface area contributed by atoms with Crippen LogP contribution >= 0.6 is 0 Å². The summed E-state index contributed by atoms with van der Waals surface area (Å²) < 4.78 is 5.37. The third kappa shape index (κ3) is 4.93. The Morgan fingerprint density at radius 2 is 1.45 bits per heavy atom. The van der Waals surface area contributed by atoms with Crippen LogP contribution in [0.5, 0.6) is 5.75 Å². The van der Waals surface area contributed by atoms with Crippen molar-refractivity contribution in [2.45, 2.75) is 38.5 Å². The molecule has 4 rings (SSSR count). The molecule has 1 N–H and O–H groups in total. The number of benzene rings is 1. The van der Waals surface area contributed by atoms with Crippen LogP contribution in [0.2, 0.25) is 0 Å². The van der Waals surface area contributed by atoms with Crippen molar-refractivity contribution >= 4 is 24.1 Å². The Kier molecular flexibility index (Phi) is 6.38. The Morgan fingerprint density at radius 1 is 0.862 bits per heavy atom. The van der Waals surface area contributed by atoms with Crippen LogP contribution in [0.4, 0.5) is 17.8 Å². The molecule has 1 aromatic heterocycles. The van der Waals surface area contributed by atoms with Gasteiger partial charge in [0.2, 0.25) is 17.8 Å². The van der Waals surface area contributed by atoms with Crippen molar-refractivity contribution in [2.75, 3.05) is 48.5 Å². The standard InChI is InChI=1S/C21H29N7O/c1-29-18-11-5-4-10-17(18)16-22-26-19-23-20(27-12-6-2-7-13-27)25-21(24-19)28-14-8-3-9-15-28/h4-5,10-11,16H,2-3,6-9,12-15H2,1H3,(H,23,24,25,26). The number of ether oxygens (including phenoxy) is 1. The second-order valence-electron chi connectivity index (χ2n) is 7.47. The zero-order valence-corrected chi connectivity index (χ0v) is 17.0. The summed E-state index contributed by atoms with van der Waals surface area (Å²) in [6.45, 7) is 3.97. The van der Waals surface area contributed by atoms with Crippen LogP contribution in [0.3, 0.4) is 0 Å². The Balaban J connectivity index is 1.56. The molecule has 0 saturated carbocycles. The van der Waals surface area contributed by atoms with Gasteiger partial charge in [0.25, 0.3) is 0 Å². The molecular formula is C21H29N7O. The van der Waals surface area contributed by atoms with Crippen molar-refractivity contribution in [3.63, 3.8) is 0 Å². The highest BCUT2D eigenvalue weighted by molar-refractivity contribution is 5.83. The molecule has 2 aliphatic rings. The highest BCUT2D eigenvalue weighted by atomic mass is 16.5. The molecule has 0 radical (unpaired) electrons. The number of hydrazone groups is 1. The predicted octanol–water partition coefficient (Wildman–Crippen LogP) is 3.31. The average Bonchev–Trinajstić information content (AvgIpc) is 2.80. The Bertz CT molecular complexity index is 793. The van der Waals surface area contributed by atoms with Gasteiger partial charge in [-0.15, -0.1) is 0 Å². The molecule has 8 heteroatoms. The molecule has 0 spiro atoms. The average molecular weight is 396 g/mol. The number of para-hydroxylation sites is 1. The quantitative estimate of drug-likeness (QED) is 0.594. The summed E-state index contributed by atoms with van der Waals surface area (Å²) in [7, 11) is 1.65. The number of aromatic nitrogens is 3. The third-order valence-electron chi connectivity index (χ3n) is 5.40. The minimum Gasteiger partial charge on any atom is -0.496 e. The van der Waals surface area contributed by atoms with E-state index >= 15 is 0 Å².